The number of hydrogen-bond acceptors (Lipinski definition) is 4. The van der Waals surface area contributed by atoms with E-state index in [1.54, 1.807) is 0 Å². The molecule has 9 heteroatoms. The molecule has 0 saturated carbocycles. The summed E-state index contributed by atoms with van der Waals surface area (Å²) in [5, 5.41) is 17.9. The molecule has 0 aliphatic carbocycles. The van der Waals surface area contributed by atoms with Crippen LogP contribution in [-0.2, 0) is 0 Å². The number of aromatic amines is 2. The van der Waals surface area contributed by atoms with Gasteiger partial charge in [0.05, 0.1) is 11.1 Å². The van der Waals surface area contributed by atoms with Gasteiger partial charge in [-0.2, -0.15) is 0 Å². The van der Waals surface area contributed by atoms with Gasteiger partial charge < -0.3 is 15.2 Å². The van der Waals surface area contributed by atoms with Crippen LogP contribution in [0.3, 0.4) is 0 Å². The molecule has 1 aromatic heterocycles. The molecule has 0 spiro atoms. The average molecular weight is 284 g/mol. The molecule has 0 atom stereocenters. The van der Waals surface area contributed by atoms with Crippen LogP contribution in [0, 0.1) is 0 Å². The van der Waals surface area contributed by atoms with Gasteiger partial charge in [0.1, 0.15) is 5.69 Å². The van der Waals surface area contributed by atoms with Crippen molar-refractivity contribution in [2.75, 3.05) is 0 Å². The number of H-pyrrole nitrogens is 2. The zero-order valence-corrected chi connectivity index (χ0v) is 9.84. The van der Waals surface area contributed by atoms with Gasteiger partial charge in [-0.05, 0) is 17.7 Å². The van der Waals surface area contributed by atoms with Crippen LogP contribution in [0.5, 0.6) is 0 Å². The molecule has 1 aromatic carbocycles. The van der Waals surface area contributed by atoms with E-state index in [1.807, 2.05) is 9.97 Å². The van der Waals surface area contributed by atoms with Crippen LogP contribution < -0.4 is 11.2 Å². The fraction of sp³-hybridized carbons (Fsp3) is 0. The zero-order chi connectivity index (χ0) is 14.9. The molecule has 0 fully saturated rings. The van der Waals surface area contributed by atoms with E-state index in [1.165, 1.54) is 18.2 Å². The average Bonchev–Trinajstić information content (AvgIpc) is 2.37. The molecule has 4 N–H and O–H groups in total. The first-order valence-electron chi connectivity index (χ1n) is 5.34. The van der Waals surface area contributed by atoms with Crippen molar-refractivity contribution < 1.29 is 19.8 Å². The number of rotatable bonds is 3. The molecular weight excluding hydrogens is 275 g/mol. The van der Waals surface area contributed by atoms with E-state index in [9.17, 15) is 19.2 Å². The number of carbonyl (C=O) groups is 2. The minimum absolute atomic E-state index is 0. The van der Waals surface area contributed by atoms with E-state index in [2.05, 4.69) is 0 Å². The molecule has 0 aliphatic rings. The Bertz CT molecular complexity index is 823. The first kappa shape index (κ1) is 16.5. The molecule has 0 unspecified atom stereocenters. The molecule has 104 valence electrons. The standard InChI is InChI=1S/C12H8N2O6.Li.H/c15-9-7(8(11(18)19)13-12(20)14-9)5-2-1-3-6(4-5)10(16)17;;/h1-4H,(H,16,17)(H,18,19)(H2,13,14,15,20);;. The van der Waals surface area contributed by atoms with E-state index in [-0.39, 0.29) is 35.6 Å². The summed E-state index contributed by atoms with van der Waals surface area (Å²) in [6.45, 7) is 0. The maximum absolute atomic E-state index is 11.8. The number of aromatic nitrogens is 2. The van der Waals surface area contributed by atoms with Crippen LogP contribution in [0.25, 0.3) is 11.1 Å². The van der Waals surface area contributed by atoms with Gasteiger partial charge in [-0.15, -0.1) is 0 Å². The van der Waals surface area contributed by atoms with Crippen LogP contribution in [0.1, 0.15) is 20.8 Å². The van der Waals surface area contributed by atoms with Crippen molar-refractivity contribution in [1.29, 1.82) is 0 Å². The fourth-order valence-corrected chi connectivity index (χ4v) is 1.73. The summed E-state index contributed by atoms with van der Waals surface area (Å²) in [5.41, 5.74) is -2.79. The molecule has 0 aliphatic heterocycles. The van der Waals surface area contributed by atoms with Crippen molar-refractivity contribution in [2.45, 2.75) is 0 Å². The molecule has 8 nitrogen and oxygen atoms in total. The summed E-state index contributed by atoms with van der Waals surface area (Å²) in [6, 6.07) is 5.19. The minimum atomic E-state index is -1.50. The summed E-state index contributed by atoms with van der Waals surface area (Å²) in [5.74, 6) is -2.71. The Balaban J connectivity index is 0.00000220. The molecule has 0 bridgehead atoms. The first-order chi connectivity index (χ1) is 9.40. The van der Waals surface area contributed by atoms with Gasteiger partial charge in [-0.1, -0.05) is 12.1 Å². The number of nitrogens with one attached hydrogen (secondary N) is 2. The summed E-state index contributed by atoms with van der Waals surface area (Å²) in [4.78, 5) is 48.7. The Morgan fingerprint density at radius 2 is 1.67 bits per heavy atom. The Labute approximate surface area is 128 Å². The molecule has 1 heterocycles. The third-order valence-electron chi connectivity index (χ3n) is 2.55. The Morgan fingerprint density at radius 3 is 2.24 bits per heavy atom. The van der Waals surface area contributed by atoms with Crippen molar-refractivity contribution in [2.24, 2.45) is 0 Å². The number of hydrogen-bond donors (Lipinski definition) is 4. The quantitative estimate of drug-likeness (QED) is 0.559. The second-order valence-corrected chi connectivity index (χ2v) is 3.85. The van der Waals surface area contributed by atoms with Crippen LogP contribution in [0.4, 0.5) is 0 Å². The van der Waals surface area contributed by atoms with Crippen LogP contribution in [-0.4, -0.2) is 51.0 Å². The number of aromatic carboxylic acids is 2. The molecule has 2 rings (SSSR count). The summed E-state index contributed by atoms with van der Waals surface area (Å²) in [7, 11) is 0. The van der Waals surface area contributed by atoms with Crippen molar-refractivity contribution in [3.05, 3.63) is 56.4 Å². The molecule has 21 heavy (non-hydrogen) atoms. The van der Waals surface area contributed by atoms with Gasteiger partial charge in [0.15, 0.2) is 0 Å². The third kappa shape index (κ3) is 3.31. The van der Waals surface area contributed by atoms with E-state index >= 15 is 0 Å². The third-order valence-corrected chi connectivity index (χ3v) is 2.55. The van der Waals surface area contributed by atoms with E-state index in [4.69, 9.17) is 10.2 Å². The summed E-state index contributed by atoms with van der Waals surface area (Å²) < 4.78 is 0. The van der Waals surface area contributed by atoms with E-state index < -0.39 is 28.9 Å². The normalized spacial score (nSPS) is 9.71. The predicted molar refractivity (Wildman–Crippen MR) is 74.2 cm³/mol. The fourth-order valence-electron chi connectivity index (χ4n) is 1.73. The van der Waals surface area contributed by atoms with E-state index in [0.717, 1.165) is 6.07 Å². The number of carboxylic acids is 2. The summed E-state index contributed by atoms with van der Waals surface area (Å²) >= 11 is 0. The molecular formula is C12H9LiN2O6. The van der Waals surface area contributed by atoms with Crippen molar-refractivity contribution in [1.82, 2.24) is 9.97 Å². The first-order valence-corrected chi connectivity index (χ1v) is 5.34. The monoisotopic (exact) mass is 284 g/mol. The van der Waals surface area contributed by atoms with Crippen molar-refractivity contribution >= 4 is 30.8 Å². The van der Waals surface area contributed by atoms with Gasteiger partial charge >= 0.3 is 36.5 Å². The van der Waals surface area contributed by atoms with Crippen LogP contribution in [0.15, 0.2) is 33.9 Å². The Kier molecular flexibility index (Phi) is 4.91. The van der Waals surface area contributed by atoms with Crippen LogP contribution >= 0.6 is 0 Å². The summed E-state index contributed by atoms with van der Waals surface area (Å²) in [6.07, 6.45) is 0. The van der Waals surface area contributed by atoms with Crippen LogP contribution in [0.2, 0.25) is 0 Å². The maximum atomic E-state index is 11.8. The molecule has 0 radical (unpaired) electrons. The van der Waals surface area contributed by atoms with E-state index in [0.29, 0.717) is 0 Å². The Hall–Kier alpha value is -2.56. The predicted octanol–water partition coefficient (Wildman–Crippen LogP) is -0.522. The molecule has 0 saturated heterocycles. The van der Waals surface area contributed by atoms with Gasteiger partial charge in [0.2, 0.25) is 0 Å². The molecule has 0 amide bonds. The second kappa shape index (κ2) is 6.26. The zero-order valence-electron chi connectivity index (χ0n) is 9.84. The second-order valence-electron chi connectivity index (χ2n) is 3.85. The van der Waals surface area contributed by atoms with Crippen molar-refractivity contribution in [3.63, 3.8) is 0 Å². The van der Waals surface area contributed by atoms with Gasteiger partial charge in [-0.25, -0.2) is 14.4 Å². The number of benzene rings is 1. The Morgan fingerprint density at radius 1 is 1.00 bits per heavy atom. The van der Waals surface area contributed by atoms with Crippen molar-refractivity contribution in [3.8, 4) is 11.1 Å². The molecule has 2 aromatic rings. The number of carboxylic acid groups (broad SMARTS) is 2. The van der Waals surface area contributed by atoms with Gasteiger partial charge in [0, 0.05) is 0 Å². The van der Waals surface area contributed by atoms with Gasteiger partial charge in [0.25, 0.3) is 5.56 Å². The topological polar surface area (TPSA) is 140 Å². The SMILES string of the molecule is O=C(O)c1cccc(-c2c(C(=O)O)[nH]c(=O)[nH]c2=O)c1.[LiH]. The van der Waals surface area contributed by atoms with Gasteiger partial charge in [-0.3, -0.25) is 9.78 Å².